The second-order valence-electron chi connectivity index (χ2n) is 7.44. The van der Waals surface area contributed by atoms with Gasteiger partial charge in [-0.1, -0.05) is 66.2 Å². The molecule has 6 rings (SSSR count). The molecule has 144 valence electrons. The molecule has 0 saturated carbocycles. The van der Waals surface area contributed by atoms with Gasteiger partial charge in [-0.3, -0.25) is 0 Å². The maximum Gasteiger partial charge on any atom is 0.148 e. The van der Waals surface area contributed by atoms with Gasteiger partial charge in [0.15, 0.2) is 0 Å². The van der Waals surface area contributed by atoms with Gasteiger partial charge >= 0.3 is 0 Å². The molecule has 3 aromatic carbocycles. The van der Waals surface area contributed by atoms with Crippen LogP contribution in [0.1, 0.15) is 5.56 Å². The molecule has 4 heteroatoms. The van der Waals surface area contributed by atoms with Crippen molar-refractivity contribution in [2.45, 2.75) is 6.92 Å². The van der Waals surface area contributed by atoms with Crippen molar-refractivity contribution in [3.8, 4) is 30.9 Å². The molecule has 0 atom stereocenters. The number of aryl methyl sites for hydroxylation is 1. The van der Waals surface area contributed by atoms with E-state index in [0.29, 0.717) is 0 Å². The number of fused-ring (bicyclic) bond motifs is 2. The summed E-state index contributed by atoms with van der Waals surface area (Å²) in [4.78, 5) is 13.3. The van der Waals surface area contributed by atoms with Gasteiger partial charge in [0.25, 0.3) is 0 Å². The highest BCUT2D eigenvalue weighted by Gasteiger charge is 2.16. The molecule has 3 aromatic heterocycles. The van der Waals surface area contributed by atoms with Gasteiger partial charge in [0.05, 0.1) is 20.8 Å². The highest BCUT2D eigenvalue weighted by Crippen LogP contribution is 2.46. The zero-order chi connectivity index (χ0) is 20.1. The van der Waals surface area contributed by atoms with Crippen LogP contribution in [0.4, 0.5) is 0 Å². The number of rotatable bonds is 3. The summed E-state index contributed by atoms with van der Waals surface area (Å²) in [5.41, 5.74) is 4.65. The lowest BCUT2D eigenvalue weighted by molar-refractivity contribution is 1.36. The van der Waals surface area contributed by atoms with E-state index in [4.69, 9.17) is 4.98 Å². The molecule has 1 N–H and O–H groups in total. The summed E-state index contributed by atoms with van der Waals surface area (Å²) in [5.74, 6) is 0.937. The largest absolute Gasteiger partial charge is 0.337 e. The zero-order valence-corrected chi connectivity index (χ0v) is 18.0. The number of aromatic amines is 1. The molecule has 0 unspecified atom stereocenters. The van der Waals surface area contributed by atoms with Crippen molar-refractivity contribution in [1.82, 2.24) is 9.97 Å². The van der Waals surface area contributed by atoms with Crippen LogP contribution < -0.4 is 0 Å². The van der Waals surface area contributed by atoms with Crippen LogP contribution in [0.15, 0.2) is 84.9 Å². The number of benzene rings is 3. The van der Waals surface area contributed by atoms with Crippen molar-refractivity contribution < 1.29 is 0 Å². The average molecular weight is 423 g/mol. The number of nitrogens with one attached hydrogen (secondary N) is 1. The summed E-state index contributed by atoms with van der Waals surface area (Å²) in [5, 5.41) is 2.64. The summed E-state index contributed by atoms with van der Waals surface area (Å²) in [6.07, 6.45) is 0. The molecule has 0 spiro atoms. The molecule has 0 bridgehead atoms. The first-order valence-corrected chi connectivity index (χ1v) is 11.5. The third-order valence-corrected chi connectivity index (χ3v) is 7.93. The molecule has 0 radical (unpaired) electrons. The fourth-order valence-electron chi connectivity index (χ4n) is 3.85. The van der Waals surface area contributed by atoms with E-state index in [-0.39, 0.29) is 0 Å². The Kier molecular flexibility index (Phi) is 4.08. The Morgan fingerprint density at radius 2 is 1.37 bits per heavy atom. The number of H-pyrrole nitrogens is 1. The number of imidazole rings is 1. The number of thiophene rings is 2. The van der Waals surface area contributed by atoms with E-state index in [0.717, 1.165) is 21.7 Å². The van der Waals surface area contributed by atoms with E-state index in [1.165, 1.54) is 36.5 Å². The van der Waals surface area contributed by atoms with Crippen molar-refractivity contribution in [3.63, 3.8) is 0 Å². The van der Waals surface area contributed by atoms with Crippen LogP contribution in [-0.2, 0) is 0 Å². The molecule has 0 aliphatic carbocycles. The zero-order valence-electron chi connectivity index (χ0n) is 16.3. The number of para-hydroxylation sites is 2. The molecule has 2 nitrogen and oxygen atoms in total. The summed E-state index contributed by atoms with van der Waals surface area (Å²) in [6, 6.07) is 30.1. The van der Waals surface area contributed by atoms with Crippen LogP contribution in [0.25, 0.3) is 52.7 Å². The summed E-state index contributed by atoms with van der Waals surface area (Å²) < 4.78 is 0. The Hall–Kier alpha value is -3.21. The monoisotopic (exact) mass is 422 g/mol. The van der Waals surface area contributed by atoms with E-state index in [1.807, 2.05) is 29.5 Å². The molecular weight excluding hydrogens is 404 g/mol. The maximum atomic E-state index is 4.77. The van der Waals surface area contributed by atoms with E-state index in [9.17, 15) is 0 Å². The number of nitrogens with zero attached hydrogens (tertiary/aromatic N) is 1. The minimum atomic E-state index is 0.937. The number of hydrogen-bond acceptors (Lipinski definition) is 3. The van der Waals surface area contributed by atoms with Crippen molar-refractivity contribution in [1.29, 1.82) is 0 Å². The quantitative estimate of drug-likeness (QED) is 0.306. The highest BCUT2D eigenvalue weighted by molar-refractivity contribution is 7.26. The first-order chi connectivity index (χ1) is 14.8. The van der Waals surface area contributed by atoms with Gasteiger partial charge in [0.1, 0.15) is 5.82 Å². The van der Waals surface area contributed by atoms with Gasteiger partial charge in [-0.2, -0.15) is 0 Å². The van der Waals surface area contributed by atoms with E-state index >= 15 is 0 Å². The third kappa shape index (κ3) is 2.88. The Morgan fingerprint density at radius 3 is 2.17 bits per heavy atom. The Balaban J connectivity index is 1.48. The van der Waals surface area contributed by atoms with Crippen LogP contribution in [0.2, 0.25) is 0 Å². The average Bonchev–Trinajstić information content (AvgIpc) is 3.50. The normalized spacial score (nSPS) is 11.5. The maximum absolute atomic E-state index is 4.77. The van der Waals surface area contributed by atoms with Crippen molar-refractivity contribution in [2.24, 2.45) is 0 Å². The Morgan fingerprint density at radius 1 is 0.667 bits per heavy atom. The molecule has 0 aliphatic rings. The molecule has 30 heavy (non-hydrogen) atoms. The minimum Gasteiger partial charge on any atom is -0.337 e. The van der Waals surface area contributed by atoms with Crippen molar-refractivity contribution in [2.75, 3.05) is 0 Å². The Labute approximate surface area is 182 Å². The van der Waals surface area contributed by atoms with Crippen molar-refractivity contribution >= 4 is 44.5 Å². The number of hydrogen-bond donors (Lipinski definition) is 1. The minimum absolute atomic E-state index is 0.937. The van der Waals surface area contributed by atoms with Crippen LogP contribution in [0.3, 0.4) is 0 Å². The SMILES string of the molecule is Cc1ccc(-c2sc(-c3ccc(-c4nc5ccccc5[nH]4)s3)c3ccccc23)cc1. The topological polar surface area (TPSA) is 28.7 Å². The van der Waals surface area contributed by atoms with Gasteiger partial charge < -0.3 is 4.98 Å². The van der Waals surface area contributed by atoms with Crippen LogP contribution in [-0.4, -0.2) is 9.97 Å². The molecule has 0 amide bonds. The first-order valence-electron chi connectivity index (χ1n) is 9.90. The summed E-state index contributed by atoms with van der Waals surface area (Å²) >= 11 is 3.67. The van der Waals surface area contributed by atoms with Gasteiger partial charge in [-0.05, 0) is 36.8 Å². The fraction of sp³-hybridized carbons (Fsp3) is 0.0385. The first kappa shape index (κ1) is 17.6. The van der Waals surface area contributed by atoms with E-state index in [1.54, 1.807) is 11.3 Å². The predicted molar refractivity (Wildman–Crippen MR) is 130 cm³/mol. The van der Waals surface area contributed by atoms with Crippen molar-refractivity contribution in [3.05, 3.63) is 90.5 Å². The predicted octanol–water partition coefficient (Wildman–Crippen LogP) is 8.15. The van der Waals surface area contributed by atoms with E-state index in [2.05, 4.69) is 78.6 Å². The highest BCUT2D eigenvalue weighted by atomic mass is 32.1. The molecule has 0 fully saturated rings. The lowest BCUT2D eigenvalue weighted by Crippen LogP contribution is -1.75. The van der Waals surface area contributed by atoms with Gasteiger partial charge in [-0.15, -0.1) is 22.7 Å². The second-order valence-corrected chi connectivity index (χ2v) is 9.54. The molecular formula is C26H18N2S2. The standard InChI is InChI=1S/C26H18N2S2/c1-16-10-12-17(13-11-16)24-18-6-2-3-7-19(18)25(30-24)22-14-15-23(29-22)26-27-20-8-4-5-9-21(20)28-26/h2-15H,1H3,(H,27,28). The Bertz CT molecular complexity index is 1470. The summed E-state index contributed by atoms with van der Waals surface area (Å²) in [7, 11) is 0. The molecule has 0 saturated heterocycles. The van der Waals surface area contributed by atoms with Gasteiger partial charge in [0.2, 0.25) is 0 Å². The van der Waals surface area contributed by atoms with Gasteiger partial charge in [0, 0.05) is 20.5 Å². The lowest BCUT2D eigenvalue weighted by atomic mass is 10.1. The molecule has 0 aliphatic heterocycles. The number of aromatic nitrogens is 2. The smallest absolute Gasteiger partial charge is 0.148 e. The summed E-state index contributed by atoms with van der Waals surface area (Å²) in [6.45, 7) is 2.13. The van der Waals surface area contributed by atoms with Crippen LogP contribution in [0.5, 0.6) is 0 Å². The van der Waals surface area contributed by atoms with E-state index < -0.39 is 0 Å². The third-order valence-electron chi connectivity index (χ3n) is 5.39. The fourth-order valence-corrected chi connectivity index (χ4v) is 6.21. The molecule has 3 heterocycles. The van der Waals surface area contributed by atoms with Crippen LogP contribution in [0, 0.1) is 6.92 Å². The second kappa shape index (κ2) is 6.94. The van der Waals surface area contributed by atoms with Crippen LogP contribution >= 0.6 is 22.7 Å². The van der Waals surface area contributed by atoms with Gasteiger partial charge in [-0.25, -0.2) is 4.98 Å². The molecule has 6 aromatic rings. The lowest BCUT2D eigenvalue weighted by Gasteiger charge is -1.99.